The number of hydrogen-bond donors (Lipinski definition) is 0. The molecule has 1 heterocycles. The zero-order valence-corrected chi connectivity index (χ0v) is 8.96. The first-order chi connectivity index (χ1) is 6.57. The molecule has 0 atom stereocenters. The smallest absolute Gasteiger partial charge is 0.189 e. The van der Waals surface area contributed by atoms with Gasteiger partial charge in [0.05, 0.1) is 6.61 Å². The van der Waals surface area contributed by atoms with Crippen molar-refractivity contribution in [3.8, 4) is 5.75 Å². The van der Waals surface area contributed by atoms with Crippen LogP contribution in [0.15, 0.2) is 18.2 Å². The lowest BCUT2D eigenvalue weighted by Crippen LogP contribution is -2.15. The van der Waals surface area contributed by atoms with Gasteiger partial charge in [0.15, 0.2) is 6.79 Å². The van der Waals surface area contributed by atoms with E-state index in [0.717, 1.165) is 11.3 Å². The van der Waals surface area contributed by atoms with Gasteiger partial charge in [-0.1, -0.05) is 32.9 Å². The van der Waals surface area contributed by atoms with Crippen molar-refractivity contribution < 1.29 is 9.47 Å². The highest BCUT2D eigenvalue weighted by molar-refractivity contribution is 5.40. The zero-order chi connectivity index (χ0) is 10.2. The molecule has 1 aliphatic rings. The molecule has 2 heteroatoms. The summed E-state index contributed by atoms with van der Waals surface area (Å²) in [7, 11) is 0. The molecule has 0 saturated heterocycles. The summed E-state index contributed by atoms with van der Waals surface area (Å²) in [5, 5.41) is 0. The van der Waals surface area contributed by atoms with E-state index in [-0.39, 0.29) is 5.41 Å². The highest BCUT2D eigenvalue weighted by Gasteiger charge is 2.17. The second kappa shape index (κ2) is 3.28. The van der Waals surface area contributed by atoms with Crippen LogP contribution < -0.4 is 4.74 Å². The van der Waals surface area contributed by atoms with Crippen molar-refractivity contribution in [1.82, 2.24) is 0 Å². The van der Waals surface area contributed by atoms with Crippen LogP contribution in [0.1, 0.15) is 31.9 Å². The number of ether oxygens (including phenoxy) is 2. The average Bonchev–Trinajstić information content (AvgIpc) is 2.16. The Balaban J connectivity index is 2.39. The second-order valence-electron chi connectivity index (χ2n) is 4.68. The van der Waals surface area contributed by atoms with Gasteiger partial charge in [-0.2, -0.15) is 0 Å². The van der Waals surface area contributed by atoms with Crippen molar-refractivity contribution in [1.29, 1.82) is 0 Å². The van der Waals surface area contributed by atoms with Crippen LogP contribution in [-0.2, 0) is 16.8 Å². The molecule has 1 aromatic rings. The van der Waals surface area contributed by atoms with Crippen LogP contribution in [0.3, 0.4) is 0 Å². The van der Waals surface area contributed by atoms with Crippen molar-refractivity contribution in [3.63, 3.8) is 0 Å². The maximum atomic E-state index is 5.44. The van der Waals surface area contributed by atoms with Crippen LogP contribution in [0.4, 0.5) is 0 Å². The maximum absolute atomic E-state index is 5.44. The number of rotatable bonds is 0. The molecule has 0 N–H and O–H groups in total. The molecular formula is C12H16O2. The second-order valence-corrected chi connectivity index (χ2v) is 4.68. The third-order valence-corrected chi connectivity index (χ3v) is 2.49. The van der Waals surface area contributed by atoms with Gasteiger partial charge in [0.1, 0.15) is 5.75 Å². The van der Waals surface area contributed by atoms with E-state index in [1.807, 2.05) is 0 Å². The van der Waals surface area contributed by atoms with Gasteiger partial charge in [-0.15, -0.1) is 0 Å². The lowest BCUT2D eigenvalue weighted by Gasteiger charge is -2.23. The Bertz CT molecular complexity index is 337. The summed E-state index contributed by atoms with van der Waals surface area (Å²) in [5.74, 6) is 0.976. The summed E-state index contributed by atoms with van der Waals surface area (Å²) in [6, 6.07) is 6.36. The molecule has 14 heavy (non-hydrogen) atoms. The van der Waals surface area contributed by atoms with Crippen molar-refractivity contribution in [3.05, 3.63) is 29.3 Å². The van der Waals surface area contributed by atoms with E-state index in [4.69, 9.17) is 9.47 Å². The fourth-order valence-corrected chi connectivity index (χ4v) is 1.53. The van der Waals surface area contributed by atoms with E-state index in [1.165, 1.54) is 5.56 Å². The van der Waals surface area contributed by atoms with E-state index in [1.54, 1.807) is 0 Å². The number of hydrogen-bond acceptors (Lipinski definition) is 2. The molecule has 0 aliphatic carbocycles. The molecule has 0 bridgehead atoms. The van der Waals surface area contributed by atoms with Crippen LogP contribution >= 0.6 is 0 Å². The third kappa shape index (κ3) is 1.75. The molecule has 2 rings (SSSR count). The van der Waals surface area contributed by atoms with Crippen LogP contribution in [0.5, 0.6) is 5.75 Å². The fraction of sp³-hybridized carbons (Fsp3) is 0.500. The minimum atomic E-state index is 0.177. The average molecular weight is 192 g/mol. The Hall–Kier alpha value is -1.02. The summed E-state index contributed by atoms with van der Waals surface area (Å²) < 4.78 is 10.6. The van der Waals surface area contributed by atoms with Gasteiger partial charge in [0.2, 0.25) is 0 Å². The predicted octanol–water partition coefficient (Wildman–Crippen LogP) is 2.85. The monoisotopic (exact) mass is 192 g/mol. The standard InChI is InChI=1S/C12H16O2/c1-12(2,3)10-5-4-9-7-13-8-14-11(9)6-10/h4-6H,7-8H2,1-3H3. The lowest BCUT2D eigenvalue weighted by atomic mass is 9.86. The Kier molecular flexibility index (Phi) is 2.23. The zero-order valence-electron chi connectivity index (χ0n) is 8.96. The first-order valence-corrected chi connectivity index (χ1v) is 4.91. The molecule has 0 spiro atoms. The van der Waals surface area contributed by atoms with Gasteiger partial charge in [0.25, 0.3) is 0 Å². The summed E-state index contributed by atoms with van der Waals surface area (Å²) in [5.41, 5.74) is 2.62. The minimum Gasteiger partial charge on any atom is -0.467 e. The van der Waals surface area contributed by atoms with Gasteiger partial charge < -0.3 is 9.47 Å². The Morgan fingerprint density at radius 1 is 1.21 bits per heavy atom. The van der Waals surface area contributed by atoms with Crippen LogP contribution in [-0.4, -0.2) is 6.79 Å². The largest absolute Gasteiger partial charge is 0.467 e. The summed E-state index contributed by atoms with van der Waals surface area (Å²) in [6.07, 6.45) is 0. The lowest BCUT2D eigenvalue weighted by molar-refractivity contribution is -0.0164. The normalized spacial score (nSPS) is 15.9. The molecule has 2 nitrogen and oxygen atoms in total. The van der Waals surface area contributed by atoms with Crippen molar-refractivity contribution in [2.75, 3.05) is 6.79 Å². The van der Waals surface area contributed by atoms with E-state index >= 15 is 0 Å². The van der Waals surface area contributed by atoms with Crippen LogP contribution in [0.25, 0.3) is 0 Å². The molecule has 0 fully saturated rings. The summed E-state index contributed by atoms with van der Waals surface area (Å²) in [4.78, 5) is 0. The molecule has 1 aliphatic heterocycles. The van der Waals surface area contributed by atoms with Gasteiger partial charge >= 0.3 is 0 Å². The van der Waals surface area contributed by atoms with Gasteiger partial charge in [0, 0.05) is 5.56 Å². The SMILES string of the molecule is CC(C)(C)c1ccc2c(c1)OCOC2. The first kappa shape index (κ1) is 9.53. The quantitative estimate of drug-likeness (QED) is 0.629. The van der Waals surface area contributed by atoms with E-state index in [9.17, 15) is 0 Å². The Morgan fingerprint density at radius 3 is 2.71 bits per heavy atom. The molecular weight excluding hydrogens is 176 g/mol. The Labute approximate surface area is 84.8 Å². The number of benzene rings is 1. The van der Waals surface area contributed by atoms with Crippen LogP contribution in [0.2, 0.25) is 0 Å². The third-order valence-electron chi connectivity index (χ3n) is 2.49. The first-order valence-electron chi connectivity index (χ1n) is 4.91. The van der Waals surface area contributed by atoms with Crippen molar-refractivity contribution in [2.45, 2.75) is 32.8 Å². The topological polar surface area (TPSA) is 18.5 Å². The van der Waals surface area contributed by atoms with Gasteiger partial charge in [-0.3, -0.25) is 0 Å². The summed E-state index contributed by atoms with van der Waals surface area (Å²) in [6.45, 7) is 7.65. The fourth-order valence-electron chi connectivity index (χ4n) is 1.53. The van der Waals surface area contributed by atoms with Crippen LogP contribution in [0, 0.1) is 0 Å². The molecule has 1 aromatic carbocycles. The maximum Gasteiger partial charge on any atom is 0.189 e. The summed E-state index contributed by atoms with van der Waals surface area (Å²) >= 11 is 0. The number of fused-ring (bicyclic) bond motifs is 1. The molecule has 0 radical (unpaired) electrons. The molecule has 0 amide bonds. The van der Waals surface area contributed by atoms with E-state index in [0.29, 0.717) is 13.4 Å². The molecule has 76 valence electrons. The molecule has 0 aromatic heterocycles. The Morgan fingerprint density at radius 2 is 2.00 bits per heavy atom. The van der Waals surface area contributed by atoms with Gasteiger partial charge in [-0.25, -0.2) is 0 Å². The van der Waals surface area contributed by atoms with Crippen molar-refractivity contribution >= 4 is 0 Å². The predicted molar refractivity (Wildman–Crippen MR) is 55.4 cm³/mol. The highest BCUT2D eigenvalue weighted by atomic mass is 16.7. The van der Waals surface area contributed by atoms with Gasteiger partial charge in [-0.05, 0) is 17.0 Å². The minimum absolute atomic E-state index is 0.177. The van der Waals surface area contributed by atoms with E-state index in [2.05, 4.69) is 39.0 Å². The van der Waals surface area contributed by atoms with Crippen molar-refractivity contribution in [2.24, 2.45) is 0 Å². The highest BCUT2D eigenvalue weighted by Crippen LogP contribution is 2.30. The molecule has 0 unspecified atom stereocenters. The van der Waals surface area contributed by atoms with E-state index < -0.39 is 0 Å². The molecule has 0 saturated carbocycles.